The lowest BCUT2D eigenvalue weighted by atomic mass is 9.84. The van der Waals surface area contributed by atoms with E-state index in [0.717, 1.165) is 0 Å². The molecule has 72 valence electrons. The predicted molar refractivity (Wildman–Crippen MR) is 50.7 cm³/mol. The minimum atomic E-state index is -2.79. The molecular formula is C9H18O2S. The molecule has 0 N–H and O–H groups in total. The third kappa shape index (κ3) is 1.51. The van der Waals surface area contributed by atoms with Crippen molar-refractivity contribution in [2.45, 2.75) is 32.9 Å². The fourth-order valence-electron chi connectivity index (χ4n) is 1.94. The Balaban J connectivity index is 2.93. The molecular weight excluding hydrogens is 172 g/mol. The van der Waals surface area contributed by atoms with Crippen LogP contribution in [-0.2, 0) is 9.84 Å². The second kappa shape index (κ2) is 3.02. The maximum atomic E-state index is 11.5. The zero-order valence-corrected chi connectivity index (χ0v) is 9.06. The van der Waals surface area contributed by atoms with Gasteiger partial charge in [-0.2, -0.15) is 0 Å². The Morgan fingerprint density at radius 3 is 2.00 bits per heavy atom. The molecule has 12 heavy (non-hydrogen) atoms. The summed E-state index contributed by atoms with van der Waals surface area (Å²) < 4.78 is 23.1. The summed E-state index contributed by atoms with van der Waals surface area (Å²) in [5.41, 5.74) is 0. The van der Waals surface area contributed by atoms with Crippen LogP contribution < -0.4 is 0 Å². The molecule has 2 nitrogen and oxygen atoms in total. The van der Waals surface area contributed by atoms with Gasteiger partial charge in [0.05, 0.1) is 11.0 Å². The van der Waals surface area contributed by atoms with Gasteiger partial charge in [-0.05, 0) is 24.7 Å². The van der Waals surface area contributed by atoms with Crippen LogP contribution in [0.25, 0.3) is 0 Å². The van der Waals surface area contributed by atoms with Crippen molar-refractivity contribution in [3.05, 3.63) is 0 Å². The highest BCUT2D eigenvalue weighted by molar-refractivity contribution is 7.92. The molecule has 0 aliphatic carbocycles. The van der Waals surface area contributed by atoms with E-state index in [4.69, 9.17) is 0 Å². The summed E-state index contributed by atoms with van der Waals surface area (Å²) in [6.07, 6.45) is 0. The van der Waals surface area contributed by atoms with Gasteiger partial charge in [-0.1, -0.05) is 20.8 Å². The van der Waals surface area contributed by atoms with E-state index in [-0.39, 0.29) is 5.25 Å². The summed E-state index contributed by atoms with van der Waals surface area (Å²) in [6, 6.07) is 0. The van der Waals surface area contributed by atoms with Gasteiger partial charge < -0.3 is 0 Å². The Bertz CT molecular complexity index is 256. The molecule has 1 rings (SSSR count). The van der Waals surface area contributed by atoms with Crippen LogP contribution in [0.2, 0.25) is 0 Å². The summed E-state index contributed by atoms with van der Waals surface area (Å²) in [5, 5.41) is -0.149. The van der Waals surface area contributed by atoms with Crippen LogP contribution in [0.3, 0.4) is 0 Å². The summed E-state index contributed by atoms with van der Waals surface area (Å²) in [5.74, 6) is 1.53. The second-order valence-corrected chi connectivity index (χ2v) is 6.63. The fraction of sp³-hybridized carbons (Fsp3) is 1.00. The molecule has 1 heterocycles. The summed E-state index contributed by atoms with van der Waals surface area (Å²) in [4.78, 5) is 0. The maximum absolute atomic E-state index is 11.5. The van der Waals surface area contributed by atoms with Crippen molar-refractivity contribution in [2.75, 3.05) is 5.75 Å². The van der Waals surface area contributed by atoms with Gasteiger partial charge in [0, 0.05) is 0 Å². The van der Waals surface area contributed by atoms with E-state index >= 15 is 0 Å². The molecule has 0 saturated carbocycles. The summed E-state index contributed by atoms with van der Waals surface area (Å²) in [6.45, 7) is 8.07. The third-order valence-corrected chi connectivity index (χ3v) is 6.08. The molecule has 0 bridgehead atoms. The third-order valence-electron chi connectivity index (χ3n) is 3.53. The first-order chi connectivity index (χ1) is 5.36. The molecule has 0 aromatic heterocycles. The second-order valence-electron chi connectivity index (χ2n) is 4.23. The highest BCUT2D eigenvalue weighted by Gasteiger charge is 2.39. The zero-order valence-electron chi connectivity index (χ0n) is 8.24. The van der Waals surface area contributed by atoms with Crippen molar-refractivity contribution in [3.63, 3.8) is 0 Å². The first-order valence-electron chi connectivity index (χ1n) is 4.58. The van der Waals surface area contributed by atoms with Crippen LogP contribution in [0, 0.1) is 17.8 Å². The maximum Gasteiger partial charge on any atom is 0.153 e. The van der Waals surface area contributed by atoms with Crippen LogP contribution in [0.1, 0.15) is 27.7 Å². The minimum Gasteiger partial charge on any atom is -0.229 e. The first kappa shape index (κ1) is 10.0. The Hall–Kier alpha value is -0.0500. The van der Waals surface area contributed by atoms with Gasteiger partial charge in [-0.3, -0.25) is 0 Å². The molecule has 4 atom stereocenters. The number of hydrogen-bond donors (Lipinski definition) is 0. The highest BCUT2D eigenvalue weighted by atomic mass is 32.2. The Morgan fingerprint density at radius 2 is 1.50 bits per heavy atom. The largest absolute Gasteiger partial charge is 0.229 e. The Morgan fingerprint density at radius 1 is 1.00 bits per heavy atom. The van der Waals surface area contributed by atoms with E-state index < -0.39 is 9.84 Å². The van der Waals surface area contributed by atoms with Crippen molar-refractivity contribution in [1.29, 1.82) is 0 Å². The lowest BCUT2D eigenvalue weighted by Crippen LogP contribution is -2.42. The van der Waals surface area contributed by atoms with Crippen molar-refractivity contribution in [1.82, 2.24) is 0 Å². The lowest BCUT2D eigenvalue weighted by Gasteiger charge is -2.36. The molecule has 0 amide bonds. The Labute approximate surface area is 75.3 Å². The summed E-state index contributed by atoms with van der Waals surface area (Å²) in [7, 11) is -2.79. The van der Waals surface area contributed by atoms with E-state index in [1.807, 2.05) is 20.8 Å². The van der Waals surface area contributed by atoms with Crippen molar-refractivity contribution >= 4 is 9.84 Å². The van der Waals surface area contributed by atoms with Gasteiger partial charge >= 0.3 is 0 Å². The molecule has 1 saturated heterocycles. The number of hydrogen-bond acceptors (Lipinski definition) is 2. The highest BCUT2D eigenvalue weighted by Crippen LogP contribution is 2.33. The topological polar surface area (TPSA) is 34.1 Å². The molecule has 0 spiro atoms. The molecule has 3 heteroatoms. The van der Waals surface area contributed by atoms with Gasteiger partial charge in [-0.25, -0.2) is 8.42 Å². The standard InChI is InChI=1S/C9H18O2S/c1-6-5-12(10,11)9(4)8(3)7(6)2/h6-9H,5H2,1-4H3. The van der Waals surface area contributed by atoms with E-state index in [2.05, 4.69) is 6.92 Å². The van der Waals surface area contributed by atoms with Crippen molar-refractivity contribution in [3.8, 4) is 0 Å². The van der Waals surface area contributed by atoms with E-state index in [9.17, 15) is 8.42 Å². The van der Waals surface area contributed by atoms with Gasteiger partial charge in [0.15, 0.2) is 9.84 Å². The smallest absolute Gasteiger partial charge is 0.153 e. The molecule has 4 unspecified atom stereocenters. The van der Waals surface area contributed by atoms with Crippen molar-refractivity contribution < 1.29 is 8.42 Å². The van der Waals surface area contributed by atoms with Crippen LogP contribution >= 0.6 is 0 Å². The normalized spacial score (nSPS) is 47.3. The van der Waals surface area contributed by atoms with E-state index in [1.54, 1.807) is 0 Å². The van der Waals surface area contributed by atoms with Crippen LogP contribution in [0.4, 0.5) is 0 Å². The van der Waals surface area contributed by atoms with Crippen LogP contribution in [0.15, 0.2) is 0 Å². The number of sulfone groups is 1. The quantitative estimate of drug-likeness (QED) is 0.583. The molecule has 0 aromatic rings. The molecule has 1 fully saturated rings. The SMILES string of the molecule is CC1CS(=O)(=O)C(C)C(C)C1C. The Kier molecular flexibility index (Phi) is 2.52. The van der Waals surface area contributed by atoms with E-state index in [1.165, 1.54) is 0 Å². The average Bonchev–Trinajstić information content (AvgIpc) is 1.97. The molecule has 0 aromatic carbocycles. The fourth-order valence-corrected chi connectivity index (χ4v) is 4.18. The number of rotatable bonds is 0. The van der Waals surface area contributed by atoms with Gasteiger partial charge in [0.1, 0.15) is 0 Å². The molecule has 1 aliphatic heterocycles. The molecule has 1 aliphatic rings. The summed E-state index contributed by atoms with van der Waals surface area (Å²) >= 11 is 0. The zero-order chi connectivity index (χ0) is 9.52. The lowest BCUT2D eigenvalue weighted by molar-refractivity contribution is 0.272. The first-order valence-corrected chi connectivity index (χ1v) is 6.29. The van der Waals surface area contributed by atoms with Crippen LogP contribution in [-0.4, -0.2) is 19.4 Å². The monoisotopic (exact) mass is 190 g/mol. The van der Waals surface area contributed by atoms with Crippen LogP contribution in [0.5, 0.6) is 0 Å². The van der Waals surface area contributed by atoms with Gasteiger partial charge in [-0.15, -0.1) is 0 Å². The minimum absolute atomic E-state index is 0.149. The van der Waals surface area contributed by atoms with Gasteiger partial charge in [0.2, 0.25) is 0 Å². The molecule has 0 radical (unpaired) electrons. The van der Waals surface area contributed by atoms with Crippen molar-refractivity contribution in [2.24, 2.45) is 17.8 Å². The van der Waals surface area contributed by atoms with E-state index in [0.29, 0.717) is 23.5 Å². The van der Waals surface area contributed by atoms with Gasteiger partial charge in [0.25, 0.3) is 0 Å². The predicted octanol–water partition coefficient (Wildman–Crippen LogP) is 1.71. The average molecular weight is 190 g/mol.